The van der Waals surface area contributed by atoms with E-state index in [1.165, 1.54) is 22.1 Å². The van der Waals surface area contributed by atoms with Crippen LogP contribution in [0.25, 0.3) is 0 Å². The molecule has 9 heteroatoms. The van der Waals surface area contributed by atoms with Crippen LogP contribution in [0.4, 0.5) is 10.9 Å². The van der Waals surface area contributed by atoms with Gasteiger partial charge in [0.15, 0.2) is 5.13 Å². The maximum atomic E-state index is 12.1. The number of anilines is 1. The van der Waals surface area contributed by atoms with Crippen LogP contribution < -0.4 is 5.32 Å². The molecular weight excluding hydrogens is 294 g/mol. The van der Waals surface area contributed by atoms with Crippen molar-refractivity contribution in [2.75, 3.05) is 5.32 Å². The van der Waals surface area contributed by atoms with Gasteiger partial charge in [-0.1, -0.05) is 6.92 Å². The zero-order valence-electron chi connectivity index (χ0n) is 11.9. The molecule has 1 N–H and O–H groups in total. The van der Waals surface area contributed by atoms with Crippen LogP contribution in [-0.2, 0) is 11.3 Å². The summed E-state index contributed by atoms with van der Waals surface area (Å²) in [7, 11) is 0. The molecule has 2 aromatic heterocycles. The van der Waals surface area contributed by atoms with Crippen molar-refractivity contribution in [2.24, 2.45) is 5.92 Å². The molecule has 2 heterocycles. The first-order valence-electron chi connectivity index (χ1n) is 6.29. The highest BCUT2D eigenvalue weighted by Crippen LogP contribution is 2.18. The van der Waals surface area contributed by atoms with Crippen molar-refractivity contribution in [1.29, 1.82) is 0 Å². The molecule has 0 spiro atoms. The average Bonchev–Trinajstić information content (AvgIpc) is 2.96. The molecular formula is C12H15N5O3S. The van der Waals surface area contributed by atoms with Gasteiger partial charge in [-0.2, -0.15) is 4.68 Å². The number of amides is 1. The minimum absolute atomic E-state index is 0.193. The minimum Gasteiger partial charge on any atom is -0.358 e. The lowest BCUT2D eigenvalue weighted by Gasteiger charge is -2.09. The van der Waals surface area contributed by atoms with E-state index in [4.69, 9.17) is 0 Å². The number of carbonyl (C=O) groups is 1. The van der Waals surface area contributed by atoms with E-state index in [0.717, 1.165) is 4.88 Å². The van der Waals surface area contributed by atoms with Gasteiger partial charge < -0.3 is 15.4 Å². The molecule has 2 rings (SSSR count). The quantitative estimate of drug-likeness (QED) is 0.673. The number of hydrogen-bond acceptors (Lipinski definition) is 6. The summed E-state index contributed by atoms with van der Waals surface area (Å²) in [4.78, 5) is 27.3. The predicted molar refractivity (Wildman–Crippen MR) is 78.3 cm³/mol. The highest BCUT2D eigenvalue weighted by atomic mass is 32.1. The average molecular weight is 309 g/mol. The van der Waals surface area contributed by atoms with Crippen molar-refractivity contribution in [3.63, 3.8) is 0 Å². The summed E-state index contributed by atoms with van der Waals surface area (Å²) in [6, 6.07) is 1.38. The monoisotopic (exact) mass is 309 g/mol. The van der Waals surface area contributed by atoms with Crippen LogP contribution in [0.2, 0.25) is 0 Å². The van der Waals surface area contributed by atoms with Crippen LogP contribution in [0.1, 0.15) is 17.5 Å². The van der Waals surface area contributed by atoms with Gasteiger partial charge in [0.05, 0.1) is 29.3 Å². The van der Waals surface area contributed by atoms with E-state index in [1.807, 2.05) is 6.92 Å². The smallest absolute Gasteiger partial charge is 0.358 e. The number of nitrogens with zero attached hydrogens (tertiary/aromatic N) is 4. The third-order valence-electron chi connectivity index (χ3n) is 2.90. The Bertz CT molecular complexity index is 678. The fourth-order valence-corrected chi connectivity index (χ4v) is 2.42. The van der Waals surface area contributed by atoms with Gasteiger partial charge in [0.25, 0.3) is 0 Å². The van der Waals surface area contributed by atoms with E-state index in [2.05, 4.69) is 15.4 Å². The van der Waals surface area contributed by atoms with E-state index >= 15 is 0 Å². The maximum Gasteiger partial charge on any atom is 0.390 e. The number of nitro groups is 1. The Labute approximate surface area is 125 Å². The summed E-state index contributed by atoms with van der Waals surface area (Å²) in [5.41, 5.74) is 0.645. The van der Waals surface area contributed by atoms with Crippen molar-refractivity contribution in [3.8, 4) is 0 Å². The molecule has 0 fully saturated rings. The van der Waals surface area contributed by atoms with E-state index in [-0.39, 0.29) is 24.2 Å². The van der Waals surface area contributed by atoms with Crippen molar-refractivity contribution >= 4 is 28.2 Å². The third-order valence-corrected chi connectivity index (χ3v) is 3.73. The number of aromatic nitrogens is 3. The molecule has 8 nitrogen and oxygen atoms in total. The zero-order valence-corrected chi connectivity index (χ0v) is 12.7. The Morgan fingerprint density at radius 3 is 2.81 bits per heavy atom. The number of carbonyl (C=O) groups excluding carboxylic acids is 1. The Morgan fingerprint density at radius 2 is 2.29 bits per heavy atom. The lowest BCUT2D eigenvalue weighted by atomic mass is 10.1. The third kappa shape index (κ3) is 3.63. The van der Waals surface area contributed by atoms with E-state index in [0.29, 0.717) is 10.8 Å². The predicted octanol–water partition coefficient (Wildman–Crippen LogP) is 2.14. The molecule has 0 aliphatic carbocycles. The maximum absolute atomic E-state index is 12.1. The number of thiazole rings is 1. The van der Waals surface area contributed by atoms with Crippen molar-refractivity contribution in [3.05, 3.63) is 32.9 Å². The first kappa shape index (κ1) is 15.1. The first-order chi connectivity index (χ1) is 9.86. The Kier molecular flexibility index (Phi) is 4.32. The molecule has 2 aromatic rings. The molecule has 0 aromatic carbocycles. The zero-order chi connectivity index (χ0) is 15.6. The van der Waals surface area contributed by atoms with Gasteiger partial charge in [0.2, 0.25) is 5.91 Å². The van der Waals surface area contributed by atoms with E-state index < -0.39 is 4.92 Å². The van der Waals surface area contributed by atoms with Crippen molar-refractivity contribution < 1.29 is 9.72 Å². The number of rotatable bonds is 5. The molecule has 0 aliphatic rings. The molecule has 0 saturated heterocycles. The lowest BCUT2D eigenvalue weighted by Crippen LogP contribution is -2.25. The number of hydrogen-bond donors (Lipinski definition) is 1. The second kappa shape index (κ2) is 6.00. The summed E-state index contributed by atoms with van der Waals surface area (Å²) in [5, 5.41) is 17.8. The summed E-state index contributed by atoms with van der Waals surface area (Å²) in [6.45, 7) is 5.64. The second-order valence-corrected chi connectivity index (χ2v) is 5.98. The van der Waals surface area contributed by atoms with E-state index in [1.54, 1.807) is 20.0 Å². The highest BCUT2D eigenvalue weighted by Gasteiger charge is 2.21. The normalized spacial score (nSPS) is 12.1. The molecule has 1 unspecified atom stereocenters. The number of nitrogens with one attached hydrogen (secondary N) is 1. The fourth-order valence-electron chi connectivity index (χ4n) is 1.75. The molecule has 0 radical (unpaired) electrons. The number of aryl methyl sites for hydroxylation is 2. The van der Waals surface area contributed by atoms with Crippen LogP contribution in [-0.4, -0.2) is 25.6 Å². The largest absolute Gasteiger partial charge is 0.390 e. The summed E-state index contributed by atoms with van der Waals surface area (Å²) < 4.78 is 1.47. The van der Waals surface area contributed by atoms with Gasteiger partial charge in [-0.3, -0.25) is 4.79 Å². The van der Waals surface area contributed by atoms with Gasteiger partial charge in [-0.15, -0.1) is 11.3 Å². The van der Waals surface area contributed by atoms with Gasteiger partial charge in [-0.05, 0) is 18.8 Å². The highest BCUT2D eigenvalue weighted by molar-refractivity contribution is 7.15. The Balaban J connectivity index is 2.02. The summed E-state index contributed by atoms with van der Waals surface area (Å²) >= 11 is 1.40. The van der Waals surface area contributed by atoms with Crippen LogP contribution in [0.3, 0.4) is 0 Å². The van der Waals surface area contributed by atoms with Crippen molar-refractivity contribution in [2.45, 2.75) is 27.3 Å². The van der Waals surface area contributed by atoms with E-state index in [9.17, 15) is 14.9 Å². The Morgan fingerprint density at radius 1 is 1.57 bits per heavy atom. The minimum atomic E-state index is -0.549. The van der Waals surface area contributed by atoms with Crippen molar-refractivity contribution in [1.82, 2.24) is 14.8 Å². The summed E-state index contributed by atoms with van der Waals surface area (Å²) in [6.07, 6.45) is 1.69. The van der Waals surface area contributed by atoms with Gasteiger partial charge in [0.1, 0.15) is 0 Å². The molecule has 1 amide bonds. The molecule has 0 aliphatic heterocycles. The molecule has 0 saturated carbocycles. The topological polar surface area (TPSA) is 103 Å². The van der Waals surface area contributed by atoms with Crippen LogP contribution in [0, 0.1) is 29.9 Å². The van der Waals surface area contributed by atoms with Crippen LogP contribution >= 0.6 is 11.3 Å². The van der Waals surface area contributed by atoms with Crippen LogP contribution in [0.5, 0.6) is 0 Å². The lowest BCUT2D eigenvalue weighted by molar-refractivity contribution is -0.389. The molecule has 21 heavy (non-hydrogen) atoms. The molecule has 1 atom stereocenters. The molecule has 112 valence electrons. The van der Waals surface area contributed by atoms with Crippen LogP contribution in [0.15, 0.2) is 12.3 Å². The molecule has 0 bridgehead atoms. The summed E-state index contributed by atoms with van der Waals surface area (Å²) in [5.74, 6) is -0.787. The van der Waals surface area contributed by atoms with Gasteiger partial charge in [-0.25, -0.2) is 4.98 Å². The first-order valence-corrected chi connectivity index (χ1v) is 7.10. The SMILES string of the molecule is Cc1cnc(NC(=O)C(C)Cn2nc([N+](=O)[O-])cc2C)s1. The standard InChI is InChI=1S/C12H15N5O3S/c1-7(11(18)14-12-13-5-9(3)21-12)6-16-8(2)4-10(15-16)17(19)20/h4-5,7H,6H2,1-3H3,(H,13,14,18). The second-order valence-electron chi connectivity index (χ2n) is 4.75. The van der Waals surface area contributed by atoms with Gasteiger partial charge >= 0.3 is 5.82 Å². The fraction of sp³-hybridized carbons (Fsp3) is 0.417. The Hall–Kier alpha value is -2.29. The van der Waals surface area contributed by atoms with Gasteiger partial charge in [0, 0.05) is 11.1 Å².